The van der Waals surface area contributed by atoms with Crippen LogP contribution in [-0.2, 0) is 16.6 Å². The van der Waals surface area contributed by atoms with Crippen molar-refractivity contribution in [3.8, 4) is 0 Å². The van der Waals surface area contributed by atoms with E-state index in [1.165, 1.54) is 10.8 Å². The summed E-state index contributed by atoms with van der Waals surface area (Å²) in [7, 11) is -3.59. The Morgan fingerprint density at radius 3 is 2.71 bits per heavy atom. The van der Waals surface area contributed by atoms with Crippen molar-refractivity contribution in [3.05, 3.63) is 40.8 Å². The molecule has 2 aromatic rings. The summed E-state index contributed by atoms with van der Waals surface area (Å²) >= 11 is 0. The highest BCUT2D eigenvalue weighted by atomic mass is 32.2. The van der Waals surface area contributed by atoms with E-state index in [0.29, 0.717) is 11.0 Å². The van der Waals surface area contributed by atoms with Crippen LogP contribution in [0.4, 0.5) is 0 Å². The van der Waals surface area contributed by atoms with Gasteiger partial charge in [-0.15, -0.1) is 0 Å². The lowest BCUT2D eigenvalue weighted by Crippen LogP contribution is -2.27. The highest BCUT2D eigenvalue weighted by Gasteiger charge is 2.07. The SMILES string of the molecule is NS(=O)(=O)CCn1c(=O)cnc2ccccc21. The fourth-order valence-electron chi connectivity index (χ4n) is 1.56. The van der Waals surface area contributed by atoms with Gasteiger partial charge in [-0.1, -0.05) is 12.1 Å². The van der Waals surface area contributed by atoms with Crippen molar-refractivity contribution in [1.29, 1.82) is 0 Å². The molecule has 0 aliphatic heterocycles. The smallest absolute Gasteiger partial charge is 0.269 e. The minimum Gasteiger partial charge on any atom is -0.304 e. The third-order valence-electron chi connectivity index (χ3n) is 2.35. The number of primary sulfonamides is 1. The first-order valence-corrected chi connectivity index (χ1v) is 6.64. The summed E-state index contributed by atoms with van der Waals surface area (Å²) in [5.41, 5.74) is 0.900. The van der Waals surface area contributed by atoms with Crippen LogP contribution in [0.25, 0.3) is 11.0 Å². The molecule has 1 aromatic heterocycles. The number of aryl methyl sites for hydroxylation is 1. The maximum absolute atomic E-state index is 11.6. The summed E-state index contributed by atoms with van der Waals surface area (Å²) in [6.45, 7) is 0.0285. The molecule has 6 nitrogen and oxygen atoms in total. The Morgan fingerprint density at radius 1 is 1.29 bits per heavy atom. The summed E-state index contributed by atoms with van der Waals surface area (Å²) in [5, 5.41) is 4.92. The quantitative estimate of drug-likeness (QED) is 0.811. The minimum absolute atomic E-state index is 0.0285. The van der Waals surface area contributed by atoms with Crippen molar-refractivity contribution in [1.82, 2.24) is 9.55 Å². The molecule has 0 aliphatic rings. The zero-order valence-electron chi connectivity index (χ0n) is 8.91. The van der Waals surface area contributed by atoms with Crippen LogP contribution in [0.1, 0.15) is 0 Å². The Bertz CT molecular complexity index is 706. The van der Waals surface area contributed by atoms with E-state index in [4.69, 9.17) is 5.14 Å². The van der Waals surface area contributed by atoms with E-state index < -0.39 is 10.0 Å². The third-order valence-corrected chi connectivity index (χ3v) is 3.10. The number of aromatic nitrogens is 2. The second kappa shape index (κ2) is 4.27. The first-order chi connectivity index (χ1) is 7.97. The number of nitrogens with zero attached hydrogens (tertiary/aromatic N) is 2. The van der Waals surface area contributed by atoms with Crippen molar-refractivity contribution >= 4 is 21.1 Å². The van der Waals surface area contributed by atoms with Crippen molar-refractivity contribution < 1.29 is 8.42 Å². The average molecular weight is 253 g/mol. The van der Waals surface area contributed by atoms with E-state index in [0.717, 1.165) is 0 Å². The van der Waals surface area contributed by atoms with Crippen molar-refractivity contribution in [2.45, 2.75) is 6.54 Å². The number of hydrogen-bond acceptors (Lipinski definition) is 4. The van der Waals surface area contributed by atoms with Gasteiger partial charge in [0, 0.05) is 6.54 Å². The lowest BCUT2D eigenvalue weighted by atomic mass is 10.3. The van der Waals surface area contributed by atoms with E-state index in [2.05, 4.69) is 4.98 Å². The van der Waals surface area contributed by atoms with Gasteiger partial charge < -0.3 is 4.57 Å². The number of benzene rings is 1. The largest absolute Gasteiger partial charge is 0.304 e. The average Bonchev–Trinajstić information content (AvgIpc) is 2.26. The first-order valence-electron chi connectivity index (χ1n) is 4.92. The van der Waals surface area contributed by atoms with E-state index >= 15 is 0 Å². The first kappa shape index (κ1) is 11.7. The highest BCUT2D eigenvalue weighted by molar-refractivity contribution is 7.89. The van der Waals surface area contributed by atoms with Gasteiger partial charge in [0.1, 0.15) is 0 Å². The molecule has 0 saturated carbocycles. The number of hydrogen-bond donors (Lipinski definition) is 1. The zero-order valence-corrected chi connectivity index (χ0v) is 9.72. The number of fused-ring (bicyclic) bond motifs is 1. The Hall–Kier alpha value is -1.73. The van der Waals surface area contributed by atoms with Crippen LogP contribution >= 0.6 is 0 Å². The van der Waals surface area contributed by atoms with Gasteiger partial charge in [-0.2, -0.15) is 0 Å². The molecule has 0 bridgehead atoms. The molecule has 7 heteroatoms. The van der Waals surface area contributed by atoms with E-state index in [9.17, 15) is 13.2 Å². The van der Waals surface area contributed by atoms with E-state index in [1.54, 1.807) is 24.3 Å². The topological polar surface area (TPSA) is 95.0 Å². The molecule has 2 rings (SSSR count). The number of sulfonamides is 1. The van der Waals surface area contributed by atoms with Gasteiger partial charge in [0.2, 0.25) is 10.0 Å². The number of para-hydroxylation sites is 2. The molecule has 1 aromatic carbocycles. The molecule has 0 radical (unpaired) electrons. The van der Waals surface area contributed by atoms with E-state index in [-0.39, 0.29) is 17.9 Å². The van der Waals surface area contributed by atoms with Gasteiger partial charge >= 0.3 is 0 Å². The normalized spacial score (nSPS) is 11.8. The van der Waals surface area contributed by atoms with Crippen LogP contribution in [0.3, 0.4) is 0 Å². The lowest BCUT2D eigenvalue weighted by molar-refractivity contribution is 0.590. The molecular weight excluding hydrogens is 242 g/mol. The van der Waals surface area contributed by atoms with Gasteiger partial charge in [-0.3, -0.25) is 4.79 Å². The Balaban J connectivity index is 2.52. The summed E-state index contributed by atoms with van der Waals surface area (Å²) in [6, 6.07) is 7.02. The molecular formula is C10H11N3O3S. The van der Waals surface area contributed by atoms with Crippen LogP contribution in [0.15, 0.2) is 35.3 Å². The maximum atomic E-state index is 11.6. The molecule has 0 atom stereocenters. The summed E-state index contributed by atoms with van der Waals surface area (Å²) in [5.74, 6) is -0.277. The van der Waals surface area contributed by atoms with Gasteiger partial charge in [0.15, 0.2) is 0 Å². The van der Waals surface area contributed by atoms with Crippen molar-refractivity contribution in [3.63, 3.8) is 0 Å². The standard InChI is InChI=1S/C10H11N3O3S/c11-17(15,16)6-5-13-9-4-2-1-3-8(9)12-7-10(13)14/h1-4,7H,5-6H2,(H2,11,15,16). The van der Waals surface area contributed by atoms with Crippen LogP contribution in [0.5, 0.6) is 0 Å². The predicted molar refractivity (Wildman–Crippen MR) is 64.0 cm³/mol. The predicted octanol–water partition coefficient (Wildman–Crippen LogP) is -0.315. The second-order valence-electron chi connectivity index (χ2n) is 3.60. The van der Waals surface area contributed by atoms with Crippen molar-refractivity contribution in [2.24, 2.45) is 5.14 Å². The van der Waals surface area contributed by atoms with Crippen LogP contribution < -0.4 is 10.7 Å². The van der Waals surface area contributed by atoms with Gasteiger partial charge in [-0.05, 0) is 12.1 Å². The summed E-state index contributed by atoms with van der Waals surface area (Å²) < 4.78 is 23.2. The van der Waals surface area contributed by atoms with Gasteiger partial charge in [0.25, 0.3) is 5.56 Å². The Morgan fingerprint density at radius 2 is 2.00 bits per heavy atom. The molecule has 17 heavy (non-hydrogen) atoms. The summed E-state index contributed by atoms with van der Waals surface area (Å²) in [6.07, 6.45) is 1.17. The molecule has 0 unspecified atom stereocenters. The maximum Gasteiger partial charge on any atom is 0.269 e. The fraction of sp³-hybridized carbons (Fsp3) is 0.200. The minimum atomic E-state index is -3.59. The van der Waals surface area contributed by atoms with Crippen LogP contribution in [0.2, 0.25) is 0 Å². The van der Waals surface area contributed by atoms with Gasteiger partial charge in [-0.25, -0.2) is 18.5 Å². The molecule has 2 N–H and O–H groups in total. The van der Waals surface area contributed by atoms with Gasteiger partial charge in [0.05, 0.1) is 23.0 Å². The zero-order chi connectivity index (χ0) is 12.5. The second-order valence-corrected chi connectivity index (χ2v) is 5.34. The van der Waals surface area contributed by atoms with Crippen LogP contribution in [0, 0.1) is 0 Å². The molecule has 0 amide bonds. The summed E-state index contributed by atoms with van der Waals surface area (Å²) in [4.78, 5) is 15.6. The Kier molecular flexibility index (Phi) is 2.95. The molecule has 0 aliphatic carbocycles. The Labute approximate surface area is 97.8 Å². The molecule has 1 heterocycles. The third kappa shape index (κ3) is 2.69. The number of rotatable bonds is 3. The molecule has 90 valence electrons. The molecule has 0 spiro atoms. The molecule has 0 saturated heterocycles. The van der Waals surface area contributed by atoms with Crippen LogP contribution in [-0.4, -0.2) is 23.7 Å². The van der Waals surface area contributed by atoms with E-state index in [1.807, 2.05) is 0 Å². The molecule has 0 fully saturated rings. The lowest BCUT2D eigenvalue weighted by Gasteiger charge is -2.08. The van der Waals surface area contributed by atoms with Crippen molar-refractivity contribution in [2.75, 3.05) is 5.75 Å². The monoisotopic (exact) mass is 253 g/mol. The number of nitrogens with two attached hydrogens (primary N) is 1. The fourth-order valence-corrected chi connectivity index (χ4v) is 2.00. The highest BCUT2D eigenvalue weighted by Crippen LogP contribution is 2.07.